The molecule has 0 radical (unpaired) electrons. The fourth-order valence-corrected chi connectivity index (χ4v) is 3.69. The van der Waals surface area contributed by atoms with Crippen LogP contribution in [0.5, 0.6) is 0 Å². The molecule has 0 spiro atoms. The maximum absolute atomic E-state index is 5.93. The summed E-state index contributed by atoms with van der Waals surface area (Å²) in [6, 6.07) is 5.61. The lowest BCUT2D eigenvalue weighted by molar-refractivity contribution is 1.40. The Labute approximate surface area is 91.9 Å². The quantitative estimate of drug-likeness (QED) is 0.717. The van der Waals surface area contributed by atoms with Crippen LogP contribution in [0.1, 0.15) is 5.56 Å². The van der Waals surface area contributed by atoms with Crippen molar-refractivity contribution in [2.45, 2.75) is 4.55 Å². The maximum Gasteiger partial charge on any atom is 0.473 e. The van der Waals surface area contributed by atoms with Crippen LogP contribution in [-0.4, -0.2) is 18.2 Å². The monoisotopic (exact) mass is 262 g/mol. The van der Waals surface area contributed by atoms with Crippen LogP contribution in [0.15, 0.2) is 18.2 Å². The normalized spacial score (nSPS) is 9.36. The predicted molar refractivity (Wildman–Crippen MR) is 54.8 cm³/mol. The molecule has 1 aromatic carbocycles. The lowest BCUT2D eigenvalue weighted by Gasteiger charge is -2.02. The lowest BCUT2D eigenvalue weighted by atomic mass is 10.2. The predicted octanol–water partition coefficient (Wildman–Crippen LogP) is 3.51. The fraction of sp³-hybridized carbons (Fsp3) is 0.143. The Morgan fingerprint density at radius 1 is 1.27 bits per heavy atom. The summed E-state index contributed by atoms with van der Waals surface area (Å²) in [7, 11) is 0. The van der Waals surface area contributed by atoms with Crippen LogP contribution in [0, 0.1) is 0 Å². The average molecular weight is 264 g/mol. The molecule has 4 heteroatoms. The molecule has 0 aliphatic carbocycles. The van der Waals surface area contributed by atoms with Gasteiger partial charge >= 0.3 is 18.2 Å². The van der Waals surface area contributed by atoms with E-state index in [1.165, 1.54) is 0 Å². The van der Waals surface area contributed by atoms with Gasteiger partial charge in [-0.05, 0) is 17.7 Å². The molecular weight excluding hydrogens is 259 g/mol. The van der Waals surface area contributed by atoms with Gasteiger partial charge in [-0.25, -0.2) is 0 Å². The Bertz CT molecular complexity index is 232. The largest absolute Gasteiger partial charge is 0.473 e. The van der Waals surface area contributed by atoms with Crippen molar-refractivity contribution >= 4 is 54.3 Å². The molecule has 1 rings (SSSR count). The van der Waals surface area contributed by atoms with E-state index in [2.05, 4.69) is 12.9 Å². The molecule has 0 amide bonds. The van der Waals surface area contributed by atoms with E-state index in [9.17, 15) is 0 Å². The molecule has 0 bridgehead atoms. The van der Waals surface area contributed by atoms with Gasteiger partial charge in [-0.1, -0.05) is 29.3 Å². The van der Waals surface area contributed by atoms with Crippen LogP contribution >= 0.6 is 36.1 Å². The Kier molecular flexibility index (Phi) is 4.53. The van der Waals surface area contributed by atoms with Crippen LogP contribution in [-0.2, 0) is 4.55 Å². The lowest BCUT2D eigenvalue weighted by Crippen LogP contribution is -1.90. The summed E-state index contributed by atoms with van der Waals surface area (Å²) in [5.41, 5.74) is 1.08. The molecule has 0 N–H and O–H groups in total. The molecule has 0 aliphatic rings. The molecule has 1 aromatic rings. The van der Waals surface area contributed by atoms with Crippen molar-refractivity contribution in [3.05, 3.63) is 33.8 Å². The molecule has 0 aliphatic heterocycles. The highest BCUT2D eigenvalue weighted by Crippen LogP contribution is 2.24. The highest BCUT2D eigenvalue weighted by Gasteiger charge is 2.04. The minimum Gasteiger partial charge on any atom is -0.306 e. The van der Waals surface area contributed by atoms with Gasteiger partial charge < -0.3 is 12.9 Å². The zero-order valence-corrected chi connectivity index (χ0v) is 10.3. The molecule has 0 fully saturated rings. The van der Waals surface area contributed by atoms with E-state index in [0.717, 1.165) is 20.2 Å². The van der Waals surface area contributed by atoms with E-state index < -0.39 is 0 Å². The summed E-state index contributed by atoms with van der Waals surface area (Å²) in [5, 5.41) is 1.56. The minimum atomic E-state index is -0.183. The van der Waals surface area contributed by atoms with Crippen LogP contribution in [0.2, 0.25) is 10.0 Å². The van der Waals surface area contributed by atoms with Crippen molar-refractivity contribution in [2.24, 2.45) is 0 Å². The summed E-state index contributed by atoms with van der Waals surface area (Å²) < 4.78 is 1.01. The van der Waals surface area contributed by atoms with Gasteiger partial charge in [-0.2, -0.15) is 0 Å². The standard InChI is InChI=1S/C7H5Cl2.BrH.Mg/c1-5-6(8)3-2-4-7(5)9;;/h2-4H,1H2;1H;/q;;+1/p-1. The number of hydrogen-bond donors (Lipinski definition) is 0. The first-order valence-electron chi connectivity index (χ1n) is 3.24. The topological polar surface area (TPSA) is 0 Å². The third kappa shape index (κ3) is 2.78. The van der Waals surface area contributed by atoms with Crippen LogP contribution in [0.3, 0.4) is 0 Å². The van der Waals surface area contributed by atoms with E-state index >= 15 is 0 Å². The molecule has 0 unspecified atom stereocenters. The van der Waals surface area contributed by atoms with Crippen LogP contribution in [0.4, 0.5) is 0 Å². The van der Waals surface area contributed by atoms with Crippen molar-refractivity contribution in [1.29, 1.82) is 0 Å². The van der Waals surface area contributed by atoms with Gasteiger partial charge in [0.2, 0.25) is 0 Å². The van der Waals surface area contributed by atoms with E-state index in [1.54, 1.807) is 0 Å². The van der Waals surface area contributed by atoms with Crippen LogP contribution in [0.25, 0.3) is 0 Å². The Balaban J connectivity index is 3.00. The zero-order chi connectivity index (χ0) is 8.27. The number of hydrogen-bond acceptors (Lipinski definition) is 0. The van der Waals surface area contributed by atoms with Gasteiger partial charge in [0.25, 0.3) is 0 Å². The van der Waals surface area contributed by atoms with Gasteiger partial charge in [0, 0.05) is 10.0 Å². The molecule has 0 aromatic heterocycles. The first-order valence-corrected chi connectivity index (χ1v) is 8.90. The molecule has 0 nitrogen and oxygen atoms in total. The van der Waals surface area contributed by atoms with Gasteiger partial charge in [-0.15, -0.1) is 4.55 Å². The van der Waals surface area contributed by atoms with E-state index in [-0.39, 0.29) is 18.2 Å². The second-order valence-electron chi connectivity index (χ2n) is 2.14. The number of rotatable bonds is 2. The smallest absolute Gasteiger partial charge is 0.306 e. The second kappa shape index (κ2) is 4.92. The molecule has 0 saturated heterocycles. The van der Waals surface area contributed by atoms with Crippen molar-refractivity contribution in [3.8, 4) is 0 Å². The summed E-state index contributed by atoms with van der Waals surface area (Å²) in [6.45, 7) is 0. The molecule has 0 saturated carbocycles. The maximum atomic E-state index is 5.93. The highest BCUT2D eigenvalue weighted by molar-refractivity contribution is 9.23. The average Bonchev–Trinajstić information content (AvgIpc) is 1.97. The van der Waals surface area contributed by atoms with E-state index in [1.807, 2.05) is 18.2 Å². The van der Waals surface area contributed by atoms with Gasteiger partial charge in [0.1, 0.15) is 0 Å². The summed E-state index contributed by atoms with van der Waals surface area (Å²) in [6.07, 6.45) is 0. The molecule has 56 valence electrons. The SMILES string of the molecule is Clc1cccc(Cl)c1[CH2][Mg][Br]. The Morgan fingerprint density at radius 2 is 1.82 bits per heavy atom. The van der Waals surface area contributed by atoms with Gasteiger partial charge in [0.05, 0.1) is 0 Å². The third-order valence-electron chi connectivity index (χ3n) is 1.41. The third-order valence-corrected chi connectivity index (χ3v) is 3.99. The van der Waals surface area contributed by atoms with Gasteiger partial charge in [0.15, 0.2) is 0 Å². The van der Waals surface area contributed by atoms with E-state index in [4.69, 9.17) is 23.2 Å². The fourth-order valence-electron chi connectivity index (χ4n) is 0.866. The molecule has 0 atom stereocenters. The van der Waals surface area contributed by atoms with Crippen molar-refractivity contribution < 1.29 is 0 Å². The number of halogens is 3. The van der Waals surface area contributed by atoms with Gasteiger partial charge in [-0.3, -0.25) is 0 Å². The highest BCUT2D eigenvalue weighted by atomic mass is 79.9. The molecule has 0 heterocycles. The molecular formula is C7H5BrCl2Mg. The van der Waals surface area contributed by atoms with E-state index in [0.29, 0.717) is 0 Å². The van der Waals surface area contributed by atoms with Crippen LogP contribution < -0.4 is 0 Å². The Morgan fingerprint density at radius 3 is 2.27 bits per heavy atom. The van der Waals surface area contributed by atoms with Crippen molar-refractivity contribution in [3.63, 3.8) is 0 Å². The zero-order valence-electron chi connectivity index (χ0n) is 5.78. The van der Waals surface area contributed by atoms with Crippen molar-refractivity contribution in [2.75, 3.05) is 0 Å². The summed E-state index contributed by atoms with van der Waals surface area (Å²) >= 11 is 15.1. The van der Waals surface area contributed by atoms with Crippen molar-refractivity contribution in [1.82, 2.24) is 0 Å². The minimum absolute atomic E-state index is 0.183. The summed E-state index contributed by atoms with van der Waals surface area (Å²) in [5.74, 6) is 0. The first-order chi connectivity index (χ1) is 5.25. The Hall–Kier alpha value is 1.05. The number of benzene rings is 1. The molecule has 11 heavy (non-hydrogen) atoms. The first kappa shape index (κ1) is 10.1. The summed E-state index contributed by atoms with van der Waals surface area (Å²) in [4.78, 5) is 0. The second-order valence-corrected chi connectivity index (χ2v) is 6.21.